The molecule has 5 heteroatoms. The largest absolute Gasteiger partial charge is 0.352 e. The minimum atomic E-state index is 0.168. The first-order valence-electron chi connectivity index (χ1n) is 8.07. The third kappa shape index (κ3) is 4.67. The van der Waals surface area contributed by atoms with Crippen molar-refractivity contribution in [1.29, 1.82) is 0 Å². The lowest BCUT2D eigenvalue weighted by atomic mass is 10.0. The summed E-state index contributed by atoms with van der Waals surface area (Å²) < 4.78 is 0. The maximum absolute atomic E-state index is 12.3. The van der Waals surface area contributed by atoms with Crippen LogP contribution in [0.15, 0.2) is 30.3 Å². The van der Waals surface area contributed by atoms with Crippen LogP contribution >= 0.6 is 23.5 Å². The first-order chi connectivity index (χ1) is 10.8. The highest BCUT2D eigenvalue weighted by Crippen LogP contribution is 2.24. The molecule has 0 spiro atoms. The van der Waals surface area contributed by atoms with Gasteiger partial charge in [-0.05, 0) is 18.4 Å². The van der Waals surface area contributed by atoms with E-state index >= 15 is 0 Å². The smallest absolute Gasteiger partial charge is 0.234 e. The molecule has 22 heavy (non-hydrogen) atoms. The molecule has 120 valence electrons. The molecule has 0 saturated carbocycles. The molecule has 2 fully saturated rings. The second kappa shape index (κ2) is 8.27. The summed E-state index contributed by atoms with van der Waals surface area (Å²) in [6.07, 6.45) is 2.15. The van der Waals surface area contributed by atoms with Gasteiger partial charge in [0.05, 0.1) is 5.25 Å². The number of amides is 1. The average Bonchev–Trinajstić information content (AvgIpc) is 2.58. The number of rotatable bonds is 4. The van der Waals surface area contributed by atoms with E-state index in [-0.39, 0.29) is 11.2 Å². The van der Waals surface area contributed by atoms with Gasteiger partial charge in [0.2, 0.25) is 5.91 Å². The van der Waals surface area contributed by atoms with Crippen LogP contribution in [0, 0.1) is 0 Å². The molecular formula is C17H24N2OS2. The standard InChI is InChI=1S/C17H24N2OS2/c20-17(16-13-21-10-11-22-16)18-15-6-8-19(9-7-15)12-14-4-2-1-3-5-14/h1-5,15-16H,6-13H2,(H,18,20). The van der Waals surface area contributed by atoms with Crippen LogP contribution in [0.5, 0.6) is 0 Å². The van der Waals surface area contributed by atoms with Gasteiger partial charge >= 0.3 is 0 Å². The summed E-state index contributed by atoms with van der Waals surface area (Å²) in [5, 5.41) is 3.44. The van der Waals surface area contributed by atoms with E-state index in [0.717, 1.165) is 44.0 Å². The van der Waals surface area contributed by atoms with Gasteiger partial charge in [0.25, 0.3) is 0 Å². The molecule has 0 bridgehead atoms. The molecule has 2 aliphatic heterocycles. The van der Waals surface area contributed by atoms with Gasteiger partial charge in [0, 0.05) is 42.9 Å². The number of likely N-dealkylation sites (tertiary alicyclic amines) is 1. The summed E-state index contributed by atoms with van der Waals surface area (Å²) >= 11 is 3.72. The van der Waals surface area contributed by atoms with Gasteiger partial charge in [-0.2, -0.15) is 11.8 Å². The molecule has 2 aliphatic rings. The highest BCUT2D eigenvalue weighted by Gasteiger charge is 2.26. The van der Waals surface area contributed by atoms with E-state index in [9.17, 15) is 4.79 Å². The zero-order valence-electron chi connectivity index (χ0n) is 12.9. The Morgan fingerprint density at radius 1 is 1.18 bits per heavy atom. The number of thioether (sulfide) groups is 2. The Bertz CT molecular complexity index is 469. The number of piperidine rings is 1. The number of benzene rings is 1. The molecule has 2 saturated heterocycles. The van der Waals surface area contributed by atoms with Gasteiger partial charge in [-0.1, -0.05) is 30.3 Å². The van der Waals surface area contributed by atoms with Crippen molar-refractivity contribution in [3.63, 3.8) is 0 Å². The molecule has 1 amide bonds. The van der Waals surface area contributed by atoms with Crippen LogP contribution in [0.3, 0.4) is 0 Å². The van der Waals surface area contributed by atoms with Gasteiger partial charge < -0.3 is 5.32 Å². The fourth-order valence-electron chi connectivity index (χ4n) is 3.01. The van der Waals surface area contributed by atoms with E-state index in [4.69, 9.17) is 0 Å². The fraction of sp³-hybridized carbons (Fsp3) is 0.588. The van der Waals surface area contributed by atoms with E-state index in [1.54, 1.807) is 0 Å². The Morgan fingerprint density at radius 3 is 2.64 bits per heavy atom. The summed E-state index contributed by atoms with van der Waals surface area (Å²) in [5.41, 5.74) is 1.38. The zero-order valence-corrected chi connectivity index (χ0v) is 14.5. The van der Waals surface area contributed by atoms with Gasteiger partial charge in [0.15, 0.2) is 0 Å². The van der Waals surface area contributed by atoms with Crippen molar-refractivity contribution in [1.82, 2.24) is 10.2 Å². The van der Waals surface area contributed by atoms with Crippen LogP contribution in [0.4, 0.5) is 0 Å². The summed E-state index contributed by atoms with van der Waals surface area (Å²) in [5.74, 6) is 3.53. The van der Waals surface area contributed by atoms with Crippen LogP contribution in [0.2, 0.25) is 0 Å². The van der Waals surface area contributed by atoms with E-state index in [1.807, 2.05) is 23.5 Å². The van der Waals surface area contributed by atoms with Gasteiger partial charge in [-0.15, -0.1) is 11.8 Å². The van der Waals surface area contributed by atoms with Gasteiger partial charge in [-0.25, -0.2) is 0 Å². The molecule has 0 radical (unpaired) electrons. The minimum Gasteiger partial charge on any atom is -0.352 e. The molecule has 1 aromatic rings. The zero-order chi connectivity index (χ0) is 15.2. The average molecular weight is 337 g/mol. The minimum absolute atomic E-state index is 0.168. The van der Waals surface area contributed by atoms with Crippen molar-refractivity contribution in [2.24, 2.45) is 0 Å². The Hall–Kier alpha value is -0.650. The van der Waals surface area contributed by atoms with E-state index in [1.165, 1.54) is 11.3 Å². The number of nitrogens with zero attached hydrogens (tertiary/aromatic N) is 1. The van der Waals surface area contributed by atoms with Crippen molar-refractivity contribution in [2.45, 2.75) is 30.7 Å². The van der Waals surface area contributed by atoms with Gasteiger partial charge in [-0.3, -0.25) is 9.69 Å². The molecule has 1 aromatic carbocycles. The highest BCUT2D eigenvalue weighted by molar-refractivity contribution is 8.07. The Balaban J connectivity index is 1.40. The van der Waals surface area contributed by atoms with Crippen molar-refractivity contribution in [3.05, 3.63) is 35.9 Å². The van der Waals surface area contributed by atoms with Crippen LogP contribution in [0.25, 0.3) is 0 Å². The molecule has 3 nitrogen and oxygen atoms in total. The predicted octanol–water partition coefficient (Wildman–Crippen LogP) is 2.62. The second-order valence-electron chi connectivity index (χ2n) is 5.98. The highest BCUT2D eigenvalue weighted by atomic mass is 32.2. The van der Waals surface area contributed by atoms with Crippen molar-refractivity contribution < 1.29 is 4.79 Å². The Morgan fingerprint density at radius 2 is 1.95 bits per heavy atom. The lowest BCUT2D eigenvalue weighted by Crippen LogP contribution is -2.47. The van der Waals surface area contributed by atoms with Crippen molar-refractivity contribution in [2.75, 3.05) is 30.3 Å². The summed E-state index contributed by atoms with van der Waals surface area (Å²) in [4.78, 5) is 14.8. The Labute approximate surface area is 141 Å². The molecule has 1 N–H and O–H groups in total. The van der Waals surface area contributed by atoms with Crippen LogP contribution in [0.1, 0.15) is 18.4 Å². The van der Waals surface area contributed by atoms with Crippen molar-refractivity contribution >= 4 is 29.4 Å². The number of hydrogen-bond donors (Lipinski definition) is 1. The van der Waals surface area contributed by atoms with E-state index in [0.29, 0.717) is 6.04 Å². The first-order valence-corrected chi connectivity index (χ1v) is 10.3. The molecule has 1 unspecified atom stereocenters. The number of carbonyl (C=O) groups is 1. The number of carbonyl (C=O) groups excluding carboxylic acids is 1. The lowest BCUT2D eigenvalue weighted by molar-refractivity contribution is -0.121. The van der Waals surface area contributed by atoms with E-state index in [2.05, 4.69) is 40.5 Å². The summed E-state index contributed by atoms with van der Waals surface area (Å²) in [6, 6.07) is 11.0. The maximum Gasteiger partial charge on any atom is 0.234 e. The third-order valence-corrected chi connectivity index (χ3v) is 7.05. The van der Waals surface area contributed by atoms with E-state index < -0.39 is 0 Å². The number of nitrogens with one attached hydrogen (secondary N) is 1. The molecule has 2 heterocycles. The SMILES string of the molecule is O=C(NC1CCN(Cc2ccccc2)CC1)C1CSCCS1. The predicted molar refractivity (Wildman–Crippen MR) is 96.5 cm³/mol. The topological polar surface area (TPSA) is 32.3 Å². The molecule has 0 aromatic heterocycles. The maximum atomic E-state index is 12.3. The second-order valence-corrected chi connectivity index (χ2v) is 8.44. The number of hydrogen-bond acceptors (Lipinski definition) is 4. The van der Waals surface area contributed by atoms with Crippen LogP contribution in [-0.4, -0.2) is 52.4 Å². The normalized spacial score (nSPS) is 24.1. The van der Waals surface area contributed by atoms with Crippen LogP contribution < -0.4 is 5.32 Å². The van der Waals surface area contributed by atoms with Crippen LogP contribution in [-0.2, 0) is 11.3 Å². The molecular weight excluding hydrogens is 312 g/mol. The van der Waals surface area contributed by atoms with Gasteiger partial charge in [0.1, 0.15) is 0 Å². The third-order valence-electron chi connectivity index (χ3n) is 4.29. The van der Waals surface area contributed by atoms with Crippen molar-refractivity contribution in [3.8, 4) is 0 Å². The first kappa shape index (κ1) is 16.2. The fourth-order valence-corrected chi connectivity index (χ4v) is 5.58. The molecule has 3 rings (SSSR count). The summed E-state index contributed by atoms with van der Waals surface area (Å²) in [6.45, 7) is 3.18. The molecule has 0 aliphatic carbocycles. The quantitative estimate of drug-likeness (QED) is 0.916. The molecule has 1 atom stereocenters. The monoisotopic (exact) mass is 336 g/mol. The Kier molecular flexibility index (Phi) is 6.10. The lowest BCUT2D eigenvalue weighted by Gasteiger charge is -2.33. The summed E-state index contributed by atoms with van der Waals surface area (Å²) in [7, 11) is 0.